The number of carbonyl (C=O) groups excluding carboxylic acids is 2. The summed E-state index contributed by atoms with van der Waals surface area (Å²) in [5, 5.41) is 6.29. The summed E-state index contributed by atoms with van der Waals surface area (Å²) >= 11 is 0. The average Bonchev–Trinajstić information content (AvgIpc) is 2.54. The van der Waals surface area contributed by atoms with Gasteiger partial charge in [0.1, 0.15) is 0 Å². The maximum atomic E-state index is 11.5. The Morgan fingerprint density at radius 2 is 1.91 bits per heavy atom. The van der Waals surface area contributed by atoms with Gasteiger partial charge in [-0.2, -0.15) is 5.10 Å². The van der Waals surface area contributed by atoms with Crippen LogP contribution in [0.5, 0.6) is 11.5 Å². The molecule has 0 aromatic heterocycles. The summed E-state index contributed by atoms with van der Waals surface area (Å²) in [5.41, 5.74) is 2.87. The molecule has 1 atom stereocenters. The van der Waals surface area contributed by atoms with E-state index in [1.807, 2.05) is 13.8 Å². The fourth-order valence-corrected chi connectivity index (χ4v) is 1.54. The lowest BCUT2D eigenvalue weighted by molar-refractivity contribution is -0.139. The van der Waals surface area contributed by atoms with Crippen LogP contribution in [-0.2, 0) is 9.59 Å². The lowest BCUT2D eigenvalue weighted by Crippen LogP contribution is -2.41. The second-order valence-corrected chi connectivity index (χ2v) is 4.60. The van der Waals surface area contributed by atoms with Gasteiger partial charge < -0.3 is 14.8 Å². The Morgan fingerprint density at radius 3 is 2.50 bits per heavy atom. The van der Waals surface area contributed by atoms with E-state index in [9.17, 15) is 9.59 Å². The predicted molar refractivity (Wildman–Crippen MR) is 83.2 cm³/mol. The third-order valence-electron chi connectivity index (χ3n) is 2.98. The Balaban J connectivity index is 2.62. The number of rotatable bonds is 6. The largest absolute Gasteiger partial charge is 0.493 e. The molecular weight excluding hydrogens is 286 g/mol. The number of hydrogen-bond acceptors (Lipinski definition) is 5. The summed E-state index contributed by atoms with van der Waals surface area (Å²) in [4.78, 5) is 23.0. The number of nitrogens with zero attached hydrogens (tertiary/aromatic N) is 1. The molecule has 0 spiro atoms. The van der Waals surface area contributed by atoms with Crippen molar-refractivity contribution in [2.75, 3.05) is 14.2 Å². The van der Waals surface area contributed by atoms with Crippen molar-refractivity contribution in [3.63, 3.8) is 0 Å². The van der Waals surface area contributed by atoms with Crippen molar-refractivity contribution in [1.82, 2.24) is 10.7 Å². The molecule has 0 heterocycles. The first-order valence-electron chi connectivity index (χ1n) is 6.87. The van der Waals surface area contributed by atoms with Crippen LogP contribution in [-0.4, -0.2) is 38.3 Å². The van der Waals surface area contributed by atoms with Crippen LogP contribution < -0.4 is 20.2 Å². The second-order valence-electron chi connectivity index (χ2n) is 4.60. The maximum Gasteiger partial charge on any atom is 0.329 e. The van der Waals surface area contributed by atoms with Crippen molar-refractivity contribution in [3.05, 3.63) is 23.8 Å². The number of hydrogen-bond donors (Lipinski definition) is 2. The zero-order chi connectivity index (χ0) is 16.5. The van der Waals surface area contributed by atoms with E-state index in [1.165, 1.54) is 13.3 Å². The molecule has 0 saturated carbocycles. The SMILES string of the molecule is CC[C@@H](C)NC(=O)C(=O)N/N=C\c1ccc(OC)c(OC)c1. The molecule has 1 rings (SSSR count). The first-order chi connectivity index (χ1) is 10.5. The number of nitrogens with one attached hydrogen (secondary N) is 2. The molecule has 0 radical (unpaired) electrons. The van der Waals surface area contributed by atoms with E-state index < -0.39 is 11.8 Å². The van der Waals surface area contributed by atoms with Gasteiger partial charge in [-0.25, -0.2) is 5.43 Å². The van der Waals surface area contributed by atoms with Crippen LogP contribution in [0.4, 0.5) is 0 Å². The highest BCUT2D eigenvalue weighted by Crippen LogP contribution is 2.26. The fraction of sp³-hybridized carbons (Fsp3) is 0.400. The standard InChI is InChI=1S/C15H21N3O4/c1-5-10(2)17-14(19)15(20)18-16-9-11-6-7-12(21-3)13(8-11)22-4/h6-10H,5H2,1-4H3,(H,17,19)(H,18,20)/b16-9-/t10-/m1/s1. The summed E-state index contributed by atoms with van der Waals surface area (Å²) < 4.78 is 10.3. The van der Waals surface area contributed by atoms with Gasteiger partial charge in [-0.1, -0.05) is 6.92 Å². The number of methoxy groups -OCH3 is 2. The molecule has 7 heteroatoms. The van der Waals surface area contributed by atoms with Crippen molar-refractivity contribution in [1.29, 1.82) is 0 Å². The minimum atomic E-state index is -0.808. The highest BCUT2D eigenvalue weighted by atomic mass is 16.5. The van der Waals surface area contributed by atoms with Gasteiger partial charge in [0, 0.05) is 6.04 Å². The Morgan fingerprint density at radius 1 is 1.23 bits per heavy atom. The number of ether oxygens (including phenoxy) is 2. The van der Waals surface area contributed by atoms with Gasteiger partial charge in [0.2, 0.25) is 0 Å². The van der Waals surface area contributed by atoms with E-state index in [1.54, 1.807) is 25.3 Å². The summed E-state index contributed by atoms with van der Waals surface area (Å²) in [6.07, 6.45) is 2.16. The summed E-state index contributed by atoms with van der Waals surface area (Å²) in [5.74, 6) is -0.375. The van der Waals surface area contributed by atoms with E-state index in [2.05, 4.69) is 15.8 Å². The van der Waals surface area contributed by atoms with Crippen LogP contribution in [0.3, 0.4) is 0 Å². The quantitative estimate of drug-likeness (QED) is 0.467. The Hall–Kier alpha value is -2.57. The molecule has 2 N–H and O–H groups in total. The molecule has 0 aliphatic rings. The fourth-order valence-electron chi connectivity index (χ4n) is 1.54. The average molecular weight is 307 g/mol. The van der Waals surface area contributed by atoms with E-state index in [4.69, 9.17) is 9.47 Å². The molecule has 0 saturated heterocycles. The smallest absolute Gasteiger partial charge is 0.329 e. The van der Waals surface area contributed by atoms with E-state index >= 15 is 0 Å². The van der Waals surface area contributed by atoms with Crippen LogP contribution in [0.15, 0.2) is 23.3 Å². The van der Waals surface area contributed by atoms with Crippen molar-refractivity contribution >= 4 is 18.0 Å². The zero-order valence-corrected chi connectivity index (χ0v) is 13.2. The van der Waals surface area contributed by atoms with Gasteiger partial charge in [-0.05, 0) is 37.1 Å². The van der Waals surface area contributed by atoms with Gasteiger partial charge in [0.15, 0.2) is 11.5 Å². The lowest BCUT2D eigenvalue weighted by atomic mass is 10.2. The first kappa shape index (κ1) is 17.5. The zero-order valence-electron chi connectivity index (χ0n) is 13.2. The minimum absolute atomic E-state index is 0.0620. The molecule has 120 valence electrons. The summed E-state index contributed by atoms with van der Waals surface area (Å²) in [6, 6.07) is 5.11. The van der Waals surface area contributed by atoms with Crippen LogP contribution >= 0.6 is 0 Å². The number of carbonyl (C=O) groups is 2. The Bertz CT molecular complexity index is 558. The lowest BCUT2D eigenvalue weighted by Gasteiger charge is -2.09. The molecule has 0 bridgehead atoms. The summed E-state index contributed by atoms with van der Waals surface area (Å²) in [7, 11) is 3.07. The Kier molecular flexibility index (Phi) is 6.88. The van der Waals surface area contributed by atoms with E-state index in [0.717, 1.165) is 6.42 Å². The highest BCUT2D eigenvalue weighted by Gasteiger charge is 2.14. The van der Waals surface area contributed by atoms with Crippen LogP contribution in [0.25, 0.3) is 0 Å². The first-order valence-corrected chi connectivity index (χ1v) is 6.87. The summed E-state index contributed by atoms with van der Waals surface area (Å²) in [6.45, 7) is 3.73. The van der Waals surface area contributed by atoms with Crippen molar-refractivity contribution in [2.45, 2.75) is 26.3 Å². The molecule has 1 aromatic carbocycles. The molecule has 0 unspecified atom stereocenters. The number of benzene rings is 1. The Labute approximate surface area is 129 Å². The van der Waals surface area contributed by atoms with Crippen LogP contribution in [0, 0.1) is 0 Å². The molecule has 0 aliphatic carbocycles. The van der Waals surface area contributed by atoms with E-state index in [0.29, 0.717) is 17.1 Å². The molecule has 1 aromatic rings. The van der Waals surface area contributed by atoms with Gasteiger partial charge >= 0.3 is 11.8 Å². The normalized spacial score (nSPS) is 11.8. The van der Waals surface area contributed by atoms with Gasteiger partial charge in [-0.3, -0.25) is 9.59 Å². The monoisotopic (exact) mass is 307 g/mol. The topological polar surface area (TPSA) is 89.0 Å². The maximum absolute atomic E-state index is 11.5. The third kappa shape index (κ3) is 5.08. The van der Waals surface area contributed by atoms with Gasteiger partial charge in [-0.15, -0.1) is 0 Å². The predicted octanol–water partition coefficient (Wildman–Crippen LogP) is 1.07. The highest BCUT2D eigenvalue weighted by molar-refractivity contribution is 6.35. The van der Waals surface area contributed by atoms with E-state index in [-0.39, 0.29) is 6.04 Å². The second kappa shape index (κ2) is 8.66. The molecule has 22 heavy (non-hydrogen) atoms. The van der Waals surface area contributed by atoms with Crippen LogP contribution in [0.1, 0.15) is 25.8 Å². The molecule has 2 amide bonds. The number of amides is 2. The van der Waals surface area contributed by atoms with Crippen LogP contribution in [0.2, 0.25) is 0 Å². The minimum Gasteiger partial charge on any atom is -0.493 e. The number of hydrazone groups is 1. The molecule has 7 nitrogen and oxygen atoms in total. The van der Waals surface area contributed by atoms with Crippen molar-refractivity contribution in [3.8, 4) is 11.5 Å². The van der Waals surface area contributed by atoms with Gasteiger partial charge in [0.25, 0.3) is 0 Å². The molecular formula is C15H21N3O4. The third-order valence-corrected chi connectivity index (χ3v) is 2.98. The van der Waals surface area contributed by atoms with Crippen molar-refractivity contribution < 1.29 is 19.1 Å². The molecule has 0 aliphatic heterocycles. The molecule has 0 fully saturated rings. The van der Waals surface area contributed by atoms with Crippen molar-refractivity contribution in [2.24, 2.45) is 5.10 Å². The van der Waals surface area contributed by atoms with Gasteiger partial charge in [0.05, 0.1) is 20.4 Å².